The quantitative estimate of drug-likeness (QED) is 0.357. The smallest absolute Gasteiger partial charge is 0.332 e. The Kier molecular flexibility index (Phi) is 9.10. The first-order valence-corrected chi connectivity index (χ1v) is 12.1. The molecule has 182 valence electrons. The molecule has 0 aliphatic carbocycles. The van der Waals surface area contributed by atoms with Gasteiger partial charge in [-0.2, -0.15) is 0 Å². The van der Waals surface area contributed by atoms with Gasteiger partial charge in [-0.3, -0.25) is 9.36 Å². The molecule has 0 aliphatic heterocycles. The number of rotatable bonds is 12. The van der Waals surface area contributed by atoms with Crippen LogP contribution < -0.4 is 16.7 Å². The van der Waals surface area contributed by atoms with E-state index in [0.29, 0.717) is 38.2 Å². The zero-order valence-corrected chi connectivity index (χ0v) is 20.1. The van der Waals surface area contributed by atoms with Crippen LogP contribution in [0.3, 0.4) is 0 Å². The van der Waals surface area contributed by atoms with E-state index in [1.54, 1.807) is 4.57 Å². The van der Waals surface area contributed by atoms with E-state index >= 15 is 0 Å². The highest BCUT2D eigenvalue weighted by molar-refractivity contribution is 5.80. The average molecular weight is 465 g/mol. The van der Waals surface area contributed by atoms with E-state index in [4.69, 9.17) is 5.73 Å². The average Bonchev–Trinajstić information content (AvgIpc) is 3.08. The number of nitrogens with zero attached hydrogens (tertiary/aromatic N) is 2. The summed E-state index contributed by atoms with van der Waals surface area (Å²) in [5.74, 6) is -0.553. The van der Waals surface area contributed by atoms with Crippen molar-refractivity contribution in [3.63, 3.8) is 0 Å². The first-order valence-electron chi connectivity index (χ1n) is 12.1. The Morgan fingerprint density at radius 2 is 1.65 bits per heavy atom. The molecule has 0 bridgehead atoms. The summed E-state index contributed by atoms with van der Waals surface area (Å²) in [5, 5.41) is 14.2. The standard InChI is InChI=1S/C27H36N4O3/c1-3-20(2)24(25(32)29-18-21-12-6-4-7-13-21)31-26(33)23(16-10-11-17-28)30(27(31)34)19-22-14-8-5-9-15-22/h4-9,12-15,20,24,33H,3,10-11,16-19,28H2,1-2H3,(H,29,32)/t20-,24-/m1/s1. The molecule has 0 fully saturated rings. The molecule has 3 rings (SSSR count). The number of aromatic hydroxyl groups is 1. The molecular formula is C27H36N4O3. The third-order valence-corrected chi connectivity index (χ3v) is 6.34. The van der Waals surface area contributed by atoms with Crippen molar-refractivity contribution in [3.05, 3.63) is 88.0 Å². The van der Waals surface area contributed by atoms with Crippen LogP contribution in [0.5, 0.6) is 5.88 Å². The molecule has 1 aromatic heterocycles. The summed E-state index contributed by atoms with van der Waals surface area (Å²) in [6.45, 7) is 5.14. The van der Waals surface area contributed by atoms with Crippen molar-refractivity contribution in [1.29, 1.82) is 0 Å². The maximum Gasteiger partial charge on any atom is 0.332 e. The molecule has 2 aromatic carbocycles. The van der Waals surface area contributed by atoms with Crippen LogP contribution >= 0.6 is 0 Å². The summed E-state index contributed by atoms with van der Waals surface area (Å²) in [6, 6.07) is 18.5. The lowest BCUT2D eigenvalue weighted by Gasteiger charge is -2.23. The van der Waals surface area contributed by atoms with Gasteiger partial charge in [0, 0.05) is 6.54 Å². The first-order chi connectivity index (χ1) is 16.5. The number of unbranched alkanes of at least 4 members (excludes halogenated alkanes) is 1. The minimum absolute atomic E-state index is 0.127. The molecule has 0 unspecified atom stereocenters. The van der Waals surface area contributed by atoms with Gasteiger partial charge in [0.25, 0.3) is 0 Å². The lowest BCUT2D eigenvalue weighted by atomic mass is 9.98. The van der Waals surface area contributed by atoms with Crippen molar-refractivity contribution >= 4 is 5.91 Å². The van der Waals surface area contributed by atoms with Gasteiger partial charge in [0.05, 0.1) is 12.2 Å². The predicted molar refractivity (Wildman–Crippen MR) is 135 cm³/mol. The zero-order valence-electron chi connectivity index (χ0n) is 20.1. The normalized spacial score (nSPS) is 12.9. The number of nitrogens with one attached hydrogen (secondary N) is 1. The maximum absolute atomic E-state index is 13.6. The van der Waals surface area contributed by atoms with Gasteiger partial charge in [0.15, 0.2) is 0 Å². The lowest BCUT2D eigenvalue weighted by Crippen LogP contribution is -2.40. The SMILES string of the molecule is CC[C@@H](C)[C@H](C(=O)NCc1ccccc1)n1c(O)c(CCCCN)n(Cc2ccccc2)c1=O. The Morgan fingerprint density at radius 1 is 1.03 bits per heavy atom. The van der Waals surface area contributed by atoms with Crippen LogP contribution in [-0.4, -0.2) is 26.7 Å². The number of hydrogen-bond acceptors (Lipinski definition) is 4. The number of hydrogen-bond donors (Lipinski definition) is 3. The van der Waals surface area contributed by atoms with E-state index in [1.807, 2.05) is 74.5 Å². The van der Waals surface area contributed by atoms with Crippen molar-refractivity contribution in [2.24, 2.45) is 11.7 Å². The van der Waals surface area contributed by atoms with Crippen LogP contribution in [0.2, 0.25) is 0 Å². The Labute approximate surface area is 201 Å². The fourth-order valence-corrected chi connectivity index (χ4v) is 4.20. The number of carbonyl (C=O) groups excluding carboxylic acids is 1. The fraction of sp³-hybridized carbons (Fsp3) is 0.407. The third-order valence-electron chi connectivity index (χ3n) is 6.34. The molecule has 7 nitrogen and oxygen atoms in total. The van der Waals surface area contributed by atoms with Crippen LogP contribution in [0.25, 0.3) is 0 Å². The number of imidazole rings is 1. The second-order valence-corrected chi connectivity index (χ2v) is 8.77. The molecular weight excluding hydrogens is 428 g/mol. The Hall–Kier alpha value is -3.32. The molecule has 7 heteroatoms. The molecule has 0 spiro atoms. The molecule has 2 atom stereocenters. The summed E-state index contributed by atoms with van der Waals surface area (Å²) in [5.41, 5.74) is 7.77. The minimum atomic E-state index is -0.813. The van der Waals surface area contributed by atoms with E-state index in [1.165, 1.54) is 4.57 Å². The predicted octanol–water partition coefficient (Wildman–Crippen LogP) is 3.59. The van der Waals surface area contributed by atoms with E-state index in [2.05, 4.69) is 5.32 Å². The van der Waals surface area contributed by atoms with Crippen LogP contribution in [0, 0.1) is 5.92 Å². The van der Waals surface area contributed by atoms with E-state index < -0.39 is 6.04 Å². The summed E-state index contributed by atoms with van der Waals surface area (Å²) < 4.78 is 2.89. The summed E-state index contributed by atoms with van der Waals surface area (Å²) in [4.78, 5) is 27.0. The Morgan fingerprint density at radius 3 is 2.24 bits per heavy atom. The van der Waals surface area contributed by atoms with Gasteiger partial charge in [0.1, 0.15) is 6.04 Å². The second-order valence-electron chi connectivity index (χ2n) is 8.77. The van der Waals surface area contributed by atoms with Gasteiger partial charge in [-0.25, -0.2) is 9.36 Å². The molecule has 0 radical (unpaired) electrons. The molecule has 4 N–H and O–H groups in total. The summed E-state index contributed by atoms with van der Waals surface area (Å²) in [6.07, 6.45) is 2.73. The highest BCUT2D eigenvalue weighted by atomic mass is 16.3. The van der Waals surface area contributed by atoms with Crippen molar-refractivity contribution < 1.29 is 9.90 Å². The number of nitrogens with two attached hydrogens (primary N) is 1. The highest BCUT2D eigenvalue weighted by Crippen LogP contribution is 2.29. The summed E-state index contributed by atoms with van der Waals surface area (Å²) >= 11 is 0. The molecule has 1 amide bonds. The largest absolute Gasteiger partial charge is 0.493 e. The highest BCUT2D eigenvalue weighted by Gasteiger charge is 2.32. The van der Waals surface area contributed by atoms with Crippen LogP contribution in [0.15, 0.2) is 65.5 Å². The monoisotopic (exact) mass is 464 g/mol. The number of aromatic nitrogens is 2. The van der Waals surface area contributed by atoms with Gasteiger partial charge < -0.3 is 16.2 Å². The number of benzene rings is 2. The molecule has 3 aromatic rings. The van der Waals surface area contributed by atoms with E-state index in [-0.39, 0.29) is 23.4 Å². The number of carbonyl (C=O) groups is 1. The molecule has 34 heavy (non-hydrogen) atoms. The Bertz CT molecular complexity index is 1110. The molecule has 1 heterocycles. The van der Waals surface area contributed by atoms with E-state index in [9.17, 15) is 14.7 Å². The van der Waals surface area contributed by atoms with Gasteiger partial charge in [-0.05, 0) is 42.9 Å². The van der Waals surface area contributed by atoms with Crippen molar-refractivity contribution in [2.75, 3.05) is 6.54 Å². The van der Waals surface area contributed by atoms with Crippen LogP contribution in [-0.2, 0) is 24.3 Å². The van der Waals surface area contributed by atoms with Gasteiger partial charge in [0.2, 0.25) is 11.8 Å². The molecule has 0 saturated carbocycles. The van der Waals surface area contributed by atoms with Crippen molar-refractivity contribution in [1.82, 2.24) is 14.5 Å². The second kappa shape index (κ2) is 12.2. The van der Waals surface area contributed by atoms with Crippen molar-refractivity contribution in [3.8, 4) is 5.88 Å². The van der Waals surface area contributed by atoms with Gasteiger partial charge >= 0.3 is 5.69 Å². The van der Waals surface area contributed by atoms with Crippen LogP contribution in [0.4, 0.5) is 0 Å². The topological polar surface area (TPSA) is 102 Å². The third kappa shape index (κ3) is 5.97. The minimum Gasteiger partial charge on any atom is -0.493 e. The van der Waals surface area contributed by atoms with Crippen LogP contribution in [0.1, 0.15) is 56.0 Å². The zero-order chi connectivity index (χ0) is 24.5. The fourth-order valence-electron chi connectivity index (χ4n) is 4.20. The lowest BCUT2D eigenvalue weighted by molar-refractivity contribution is -0.126. The molecule has 0 aliphatic rings. The number of amides is 1. The first kappa shape index (κ1) is 25.3. The molecule has 0 saturated heterocycles. The van der Waals surface area contributed by atoms with Gasteiger partial charge in [-0.1, -0.05) is 80.9 Å². The van der Waals surface area contributed by atoms with Gasteiger partial charge in [-0.15, -0.1) is 0 Å². The van der Waals surface area contributed by atoms with Crippen molar-refractivity contribution in [2.45, 2.75) is 58.7 Å². The maximum atomic E-state index is 13.6. The van der Waals surface area contributed by atoms with E-state index in [0.717, 1.165) is 24.0 Å². The summed E-state index contributed by atoms with van der Waals surface area (Å²) in [7, 11) is 0. The Balaban J connectivity index is 1.99.